The van der Waals surface area contributed by atoms with E-state index in [1.807, 2.05) is 42.5 Å². The van der Waals surface area contributed by atoms with Crippen molar-refractivity contribution in [2.45, 2.75) is 0 Å². The monoisotopic (exact) mass is 427 g/mol. The standard InChI is InChI=1S/C20H14ClN3O2S2/c1-26-15-10-12-6-3-2-5-11(12)9-13(15)18(25)23-19(27)24-20-22-17-14(21)7-4-8-16(17)28-20/h2-10H,1H3,(H2,22,23,24,25,27). The number of ether oxygens (including phenoxy) is 1. The van der Waals surface area contributed by atoms with Gasteiger partial charge in [-0.05, 0) is 47.3 Å². The number of carbonyl (C=O) groups is 1. The highest BCUT2D eigenvalue weighted by molar-refractivity contribution is 7.80. The van der Waals surface area contributed by atoms with Crippen LogP contribution in [0.15, 0.2) is 54.6 Å². The Labute approximate surface area is 175 Å². The van der Waals surface area contributed by atoms with E-state index in [9.17, 15) is 4.79 Å². The summed E-state index contributed by atoms with van der Waals surface area (Å²) in [6, 6.07) is 16.9. The average molecular weight is 428 g/mol. The van der Waals surface area contributed by atoms with E-state index in [4.69, 9.17) is 28.6 Å². The minimum atomic E-state index is -0.362. The second-order valence-electron chi connectivity index (χ2n) is 5.91. The number of carbonyl (C=O) groups excluding carboxylic acids is 1. The number of aromatic nitrogens is 1. The summed E-state index contributed by atoms with van der Waals surface area (Å²) in [5, 5.41) is 8.82. The molecule has 0 unspecified atom stereocenters. The highest BCUT2D eigenvalue weighted by Crippen LogP contribution is 2.30. The zero-order chi connectivity index (χ0) is 19.7. The van der Waals surface area contributed by atoms with E-state index in [-0.39, 0.29) is 11.0 Å². The first kappa shape index (κ1) is 18.6. The SMILES string of the molecule is COc1cc2ccccc2cc1C(=O)NC(=S)Nc1nc2c(Cl)cccc2s1. The number of hydrogen-bond acceptors (Lipinski definition) is 5. The van der Waals surface area contributed by atoms with Crippen molar-refractivity contribution in [3.8, 4) is 5.75 Å². The van der Waals surface area contributed by atoms with Crippen LogP contribution in [-0.4, -0.2) is 23.1 Å². The number of anilines is 1. The summed E-state index contributed by atoms with van der Waals surface area (Å²) in [4.78, 5) is 17.2. The first-order valence-electron chi connectivity index (χ1n) is 8.29. The molecule has 5 nitrogen and oxygen atoms in total. The molecular formula is C20H14ClN3O2S2. The van der Waals surface area contributed by atoms with E-state index in [2.05, 4.69) is 15.6 Å². The van der Waals surface area contributed by atoms with Gasteiger partial charge in [-0.1, -0.05) is 53.3 Å². The summed E-state index contributed by atoms with van der Waals surface area (Å²) in [6.07, 6.45) is 0. The van der Waals surface area contributed by atoms with Gasteiger partial charge in [0.15, 0.2) is 10.2 Å². The van der Waals surface area contributed by atoms with Gasteiger partial charge < -0.3 is 10.1 Å². The molecule has 1 amide bonds. The molecular weight excluding hydrogens is 414 g/mol. The Kier molecular flexibility index (Phi) is 5.13. The number of thiazole rings is 1. The summed E-state index contributed by atoms with van der Waals surface area (Å²) in [7, 11) is 1.53. The number of nitrogens with zero attached hydrogens (tertiary/aromatic N) is 1. The van der Waals surface area contributed by atoms with Crippen molar-refractivity contribution in [1.29, 1.82) is 0 Å². The number of halogens is 1. The molecule has 4 rings (SSSR count). The maximum Gasteiger partial charge on any atom is 0.261 e. The third-order valence-corrected chi connectivity index (χ3v) is 5.57. The lowest BCUT2D eigenvalue weighted by atomic mass is 10.1. The molecule has 0 atom stereocenters. The second kappa shape index (κ2) is 7.71. The maximum atomic E-state index is 12.7. The highest BCUT2D eigenvalue weighted by atomic mass is 35.5. The minimum absolute atomic E-state index is 0.149. The Morgan fingerprint density at radius 1 is 1.14 bits per heavy atom. The van der Waals surface area contributed by atoms with Crippen molar-refractivity contribution in [2.75, 3.05) is 12.4 Å². The van der Waals surface area contributed by atoms with Crippen LogP contribution in [0.25, 0.3) is 21.0 Å². The van der Waals surface area contributed by atoms with Crippen LogP contribution in [0.3, 0.4) is 0 Å². The van der Waals surface area contributed by atoms with Gasteiger partial charge >= 0.3 is 0 Å². The highest BCUT2D eigenvalue weighted by Gasteiger charge is 2.16. The van der Waals surface area contributed by atoms with Crippen LogP contribution < -0.4 is 15.4 Å². The zero-order valence-electron chi connectivity index (χ0n) is 14.7. The van der Waals surface area contributed by atoms with Crippen molar-refractivity contribution in [2.24, 2.45) is 0 Å². The Balaban J connectivity index is 1.55. The minimum Gasteiger partial charge on any atom is -0.496 e. The fourth-order valence-electron chi connectivity index (χ4n) is 2.83. The fourth-order valence-corrected chi connectivity index (χ4v) is 4.26. The molecule has 0 bridgehead atoms. The molecule has 0 fully saturated rings. The summed E-state index contributed by atoms with van der Waals surface area (Å²) in [5.41, 5.74) is 1.10. The van der Waals surface area contributed by atoms with Gasteiger partial charge in [0.2, 0.25) is 0 Å². The molecule has 0 aliphatic rings. The number of hydrogen-bond donors (Lipinski definition) is 2. The summed E-state index contributed by atoms with van der Waals surface area (Å²) < 4.78 is 6.31. The average Bonchev–Trinajstić information content (AvgIpc) is 3.10. The Hall–Kier alpha value is -2.74. The summed E-state index contributed by atoms with van der Waals surface area (Å²) in [5.74, 6) is 0.116. The molecule has 0 spiro atoms. The van der Waals surface area contributed by atoms with Gasteiger partial charge in [-0.2, -0.15) is 0 Å². The number of nitrogens with one attached hydrogen (secondary N) is 2. The van der Waals surface area contributed by atoms with E-state index in [0.29, 0.717) is 27.0 Å². The lowest BCUT2D eigenvalue weighted by molar-refractivity contribution is 0.0975. The predicted octanol–water partition coefficient (Wildman–Crippen LogP) is 5.24. The summed E-state index contributed by atoms with van der Waals surface area (Å²) in [6.45, 7) is 0. The van der Waals surface area contributed by atoms with Crippen LogP contribution in [-0.2, 0) is 0 Å². The van der Waals surface area contributed by atoms with Gasteiger partial charge in [-0.3, -0.25) is 10.1 Å². The van der Waals surface area contributed by atoms with E-state index in [0.717, 1.165) is 15.5 Å². The van der Waals surface area contributed by atoms with Crippen molar-refractivity contribution in [3.63, 3.8) is 0 Å². The topological polar surface area (TPSA) is 63.2 Å². The third-order valence-electron chi connectivity index (χ3n) is 4.13. The van der Waals surface area contributed by atoms with Gasteiger partial charge in [0.05, 0.1) is 22.4 Å². The first-order valence-corrected chi connectivity index (χ1v) is 9.89. The molecule has 1 aromatic heterocycles. The smallest absolute Gasteiger partial charge is 0.261 e. The molecule has 140 valence electrons. The third kappa shape index (κ3) is 3.64. The largest absolute Gasteiger partial charge is 0.496 e. The van der Waals surface area contributed by atoms with Crippen molar-refractivity contribution >= 4 is 72.3 Å². The maximum absolute atomic E-state index is 12.7. The number of benzene rings is 3. The molecule has 0 saturated heterocycles. The van der Waals surface area contributed by atoms with Crippen LogP contribution >= 0.6 is 35.2 Å². The molecule has 0 saturated carbocycles. The number of amides is 1. The van der Waals surface area contributed by atoms with Gasteiger partial charge in [-0.25, -0.2) is 4.98 Å². The number of rotatable bonds is 3. The van der Waals surface area contributed by atoms with Gasteiger partial charge in [0.25, 0.3) is 5.91 Å². The van der Waals surface area contributed by atoms with E-state index >= 15 is 0 Å². The fraction of sp³-hybridized carbons (Fsp3) is 0.0500. The first-order chi connectivity index (χ1) is 13.5. The predicted molar refractivity (Wildman–Crippen MR) is 119 cm³/mol. The van der Waals surface area contributed by atoms with Crippen molar-refractivity contribution < 1.29 is 9.53 Å². The quantitative estimate of drug-likeness (QED) is 0.438. The molecule has 4 aromatic rings. The molecule has 28 heavy (non-hydrogen) atoms. The lowest BCUT2D eigenvalue weighted by Crippen LogP contribution is -2.34. The number of para-hydroxylation sites is 1. The van der Waals surface area contributed by atoms with Crippen molar-refractivity contribution in [3.05, 3.63) is 65.2 Å². The van der Waals surface area contributed by atoms with E-state index in [1.54, 1.807) is 12.1 Å². The van der Waals surface area contributed by atoms with Crippen LogP contribution in [0, 0.1) is 0 Å². The molecule has 0 aliphatic carbocycles. The van der Waals surface area contributed by atoms with Gasteiger partial charge in [0, 0.05) is 0 Å². The van der Waals surface area contributed by atoms with Crippen LogP contribution in [0.1, 0.15) is 10.4 Å². The molecule has 8 heteroatoms. The van der Waals surface area contributed by atoms with Crippen LogP contribution in [0.4, 0.5) is 5.13 Å². The van der Waals surface area contributed by atoms with Crippen LogP contribution in [0.2, 0.25) is 5.02 Å². The van der Waals surface area contributed by atoms with Crippen molar-refractivity contribution in [1.82, 2.24) is 10.3 Å². The molecule has 0 aliphatic heterocycles. The number of fused-ring (bicyclic) bond motifs is 2. The lowest BCUT2D eigenvalue weighted by Gasteiger charge is -2.11. The Morgan fingerprint density at radius 2 is 1.89 bits per heavy atom. The molecule has 0 radical (unpaired) electrons. The summed E-state index contributed by atoms with van der Waals surface area (Å²) >= 11 is 12.8. The van der Waals surface area contributed by atoms with Gasteiger partial charge in [-0.15, -0.1) is 0 Å². The van der Waals surface area contributed by atoms with Gasteiger partial charge in [0.1, 0.15) is 11.3 Å². The second-order valence-corrected chi connectivity index (χ2v) is 7.76. The van der Waals surface area contributed by atoms with E-state index < -0.39 is 0 Å². The number of methoxy groups -OCH3 is 1. The number of thiocarbonyl (C=S) groups is 1. The molecule has 3 aromatic carbocycles. The zero-order valence-corrected chi connectivity index (χ0v) is 17.0. The van der Waals surface area contributed by atoms with Crippen LogP contribution in [0.5, 0.6) is 5.75 Å². The van der Waals surface area contributed by atoms with E-state index in [1.165, 1.54) is 18.4 Å². The Morgan fingerprint density at radius 3 is 2.61 bits per heavy atom. The molecule has 1 heterocycles. The molecule has 2 N–H and O–H groups in total. The normalized spacial score (nSPS) is 10.8. The Bertz CT molecular complexity index is 1220.